The predicted octanol–water partition coefficient (Wildman–Crippen LogP) is -0.336. The van der Waals surface area contributed by atoms with E-state index in [1.54, 1.807) is 20.8 Å². The third-order valence-electron chi connectivity index (χ3n) is 1.24. The summed E-state index contributed by atoms with van der Waals surface area (Å²) in [4.78, 5) is 11.3. The van der Waals surface area contributed by atoms with Gasteiger partial charge < -0.3 is 20.3 Å². The second-order valence-electron chi connectivity index (χ2n) is 3.94. The molecule has 0 aromatic rings. The number of aliphatic hydroxyl groups is 1. The molecule has 0 unspecified atom stereocenters. The van der Waals surface area contributed by atoms with Crippen LogP contribution < -0.4 is 5.73 Å². The van der Waals surface area contributed by atoms with Crippen molar-refractivity contribution >= 4 is 5.97 Å². The summed E-state index contributed by atoms with van der Waals surface area (Å²) in [5, 5.41) is 8.42. The second kappa shape index (κ2) is 5.95. The van der Waals surface area contributed by atoms with Crippen LogP contribution in [-0.2, 0) is 14.3 Å². The third-order valence-corrected chi connectivity index (χ3v) is 1.24. The molecule has 0 radical (unpaired) electrons. The molecule has 5 nitrogen and oxygen atoms in total. The van der Waals surface area contributed by atoms with Crippen LogP contribution in [0.15, 0.2) is 0 Å². The molecular formula is C9H19NO4. The Labute approximate surface area is 84.2 Å². The van der Waals surface area contributed by atoms with Gasteiger partial charge in [-0.25, -0.2) is 0 Å². The van der Waals surface area contributed by atoms with Gasteiger partial charge in [0.25, 0.3) is 0 Å². The minimum atomic E-state index is -0.791. The zero-order valence-electron chi connectivity index (χ0n) is 8.95. The smallest absolute Gasteiger partial charge is 0.325 e. The number of rotatable bonds is 5. The molecule has 0 amide bonds. The fourth-order valence-electron chi connectivity index (χ4n) is 0.720. The van der Waals surface area contributed by atoms with Gasteiger partial charge in [-0.1, -0.05) is 0 Å². The maximum absolute atomic E-state index is 11.3. The summed E-state index contributed by atoms with van der Waals surface area (Å²) in [5.74, 6) is -0.490. The zero-order valence-corrected chi connectivity index (χ0v) is 8.95. The average molecular weight is 205 g/mol. The van der Waals surface area contributed by atoms with E-state index < -0.39 is 17.6 Å². The number of hydrogen-bond donors (Lipinski definition) is 2. The summed E-state index contributed by atoms with van der Waals surface area (Å²) in [6, 6.07) is -0.791. The van der Waals surface area contributed by atoms with Crippen LogP contribution in [0.2, 0.25) is 0 Å². The number of nitrogens with two attached hydrogens (primary N) is 1. The van der Waals surface area contributed by atoms with E-state index in [1.807, 2.05) is 0 Å². The van der Waals surface area contributed by atoms with E-state index in [4.69, 9.17) is 20.3 Å². The molecule has 0 spiro atoms. The Bertz CT molecular complexity index is 176. The number of esters is 1. The number of ether oxygens (including phenoxy) is 2. The van der Waals surface area contributed by atoms with Gasteiger partial charge in [-0.2, -0.15) is 0 Å². The summed E-state index contributed by atoms with van der Waals surface area (Å²) in [6.07, 6.45) is 0. The van der Waals surface area contributed by atoms with E-state index in [0.29, 0.717) is 0 Å². The number of carbonyl (C=O) groups excluding carboxylic acids is 1. The van der Waals surface area contributed by atoms with Crippen molar-refractivity contribution in [2.45, 2.75) is 32.4 Å². The van der Waals surface area contributed by atoms with Gasteiger partial charge in [-0.3, -0.25) is 4.79 Å². The molecule has 0 bridgehead atoms. The van der Waals surface area contributed by atoms with E-state index in [-0.39, 0.29) is 19.8 Å². The van der Waals surface area contributed by atoms with Gasteiger partial charge in [-0.05, 0) is 20.8 Å². The van der Waals surface area contributed by atoms with Crippen molar-refractivity contribution in [2.75, 3.05) is 19.8 Å². The van der Waals surface area contributed by atoms with Gasteiger partial charge in [0, 0.05) is 0 Å². The fourth-order valence-corrected chi connectivity index (χ4v) is 0.720. The first kappa shape index (κ1) is 13.4. The van der Waals surface area contributed by atoms with Crippen LogP contribution in [0, 0.1) is 0 Å². The summed E-state index contributed by atoms with van der Waals surface area (Å²) >= 11 is 0. The molecule has 0 heterocycles. The Morgan fingerprint density at radius 1 is 1.50 bits per heavy atom. The number of carbonyl (C=O) groups is 1. The molecule has 0 aliphatic carbocycles. The lowest BCUT2D eigenvalue weighted by molar-refractivity contribution is -0.158. The summed E-state index contributed by atoms with van der Waals surface area (Å²) in [6.45, 7) is 5.47. The van der Waals surface area contributed by atoms with E-state index in [9.17, 15) is 4.79 Å². The maximum atomic E-state index is 11.3. The summed E-state index contributed by atoms with van der Waals surface area (Å²) in [7, 11) is 0. The van der Waals surface area contributed by atoms with Crippen molar-refractivity contribution in [2.24, 2.45) is 5.73 Å². The minimum Gasteiger partial charge on any atom is -0.459 e. The van der Waals surface area contributed by atoms with Crippen molar-refractivity contribution in [3.63, 3.8) is 0 Å². The topological polar surface area (TPSA) is 81.8 Å². The third kappa shape index (κ3) is 6.82. The molecule has 0 aromatic heterocycles. The highest BCUT2D eigenvalue weighted by Gasteiger charge is 2.21. The predicted molar refractivity (Wildman–Crippen MR) is 51.7 cm³/mol. The maximum Gasteiger partial charge on any atom is 0.325 e. The van der Waals surface area contributed by atoms with Gasteiger partial charge in [-0.15, -0.1) is 0 Å². The average Bonchev–Trinajstić information content (AvgIpc) is 2.01. The molecule has 0 aliphatic heterocycles. The standard InChI is InChI=1S/C9H19NO4/c1-9(2,3)14-8(12)7(10)6-13-5-4-11/h7,11H,4-6,10H2,1-3H3/t7-/m1/s1. The largest absolute Gasteiger partial charge is 0.459 e. The SMILES string of the molecule is CC(C)(C)OC(=O)[C@H](N)COCCO. The lowest BCUT2D eigenvalue weighted by Crippen LogP contribution is -2.40. The summed E-state index contributed by atoms with van der Waals surface area (Å²) < 4.78 is 9.93. The van der Waals surface area contributed by atoms with Crippen LogP contribution in [0.1, 0.15) is 20.8 Å². The van der Waals surface area contributed by atoms with Crippen LogP contribution in [0.3, 0.4) is 0 Å². The first-order valence-electron chi connectivity index (χ1n) is 4.54. The number of hydrogen-bond acceptors (Lipinski definition) is 5. The van der Waals surface area contributed by atoms with Gasteiger partial charge in [0.05, 0.1) is 19.8 Å². The first-order valence-corrected chi connectivity index (χ1v) is 4.54. The molecule has 5 heteroatoms. The minimum absolute atomic E-state index is 0.0650. The Morgan fingerprint density at radius 3 is 2.50 bits per heavy atom. The van der Waals surface area contributed by atoms with Gasteiger partial charge in [0.1, 0.15) is 11.6 Å². The molecule has 14 heavy (non-hydrogen) atoms. The molecular weight excluding hydrogens is 186 g/mol. The van der Waals surface area contributed by atoms with Crippen molar-refractivity contribution in [1.29, 1.82) is 0 Å². The van der Waals surface area contributed by atoms with Crippen LogP contribution in [0.4, 0.5) is 0 Å². The van der Waals surface area contributed by atoms with E-state index in [0.717, 1.165) is 0 Å². The lowest BCUT2D eigenvalue weighted by atomic mass is 10.2. The molecule has 0 aromatic carbocycles. The van der Waals surface area contributed by atoms with Crippen LogP contribution in [0.25, 0.3) is 0 Å². The van der Waals surface area contributed by atoms with Crippen molar-refractivity contribution in [3.8, 4) is 0 Å². The molecule has 0 fully saturated rings. The molecule has 0 aliphatic rings. The fraction of sp³-hybridized carbons (Fsp3) is 0.889. The Morgan fingerprint density at radius 2 is 2.07 bits per heavy atom. The van der Waals surface area contributed by atoms with E-state index in [1.165, 1.54) is 0 Å². The molecule has 3 N–H and O–H groups in total. The van der Waals surface area contributed by atoms with Crippen LogP contribution >= 0.6 is 0 Å². The molecule has 1 atom stereocenters. The highest BCUT2D eigenvalue weighted by molar-refractivity contribution is 5.76. The van der Waals surface area contributed by atoms with Crippen LogP contribution in [-0.4, -0.2) is 42.5 Å². The monoisotopic (exact) mass is 205 g/mol. The Hall–Kier alpha value is -0.650. The second-order valence-corrected chi connectivity index (χ2v) is 3.94. The van der Waals surface area contributed by atoms with Gasteiger partial charge in [0.15, 0.2) is 0 Å². The van der Waals surface area contributed by atoms with Crippen molar-refractivity contribution in [1.82, 2.24) is 0 Å². The molecule has 0 saturated heterocycles. The zero-order chi connectivity index (χ0) is 11.2. The highest BCUT2D eigenvalue weighted by atomic mass is 16.6. The van der Waals surface area contributed by atoms with Gasteiger partial charge >= 0.3 is 5.97 Å². The quantitative estimate of drug-likeness (QED) is 0.474. The lowest BCUT2D eigenvalue weighted by Gasteiger charge is -2.22. The highest BCUT2D eigenvalue weighted by Crippen LogP contribution is 2.07. The van der Waals surface area contributed by atoms with Crippen LogP contribution in [0.5, 0.6) is 0 Å². The first-order chi connectivity index (χ1) is 6.37. The normalized spacial score (nSPS) is 13.8. The Kier molecular flexibility index (Phi) is 5.68. The van der Waals surface area contributed by atoms with E-state index in [2.05, 4.69) is 0 Å². The van der Waals surface area contributed by atoms with Crippen molar-refractivity contribution in [3.05, 3.63) is 0 Å². The molecule has 84 valence electrons. The Balaban J connectivity index is 3.77. The summed E-state index contributed by atoms with van der Waals surface area (Å²) in [5.41, 5.74) is 4.95. The number of aliphatic hydroxyl groups excluding tert-OH is 1. The molecule has 0 rings (SSSR count). The van der Waals surface area contributed by atoms with Crippen molar-refractivity contribution < 1.29 is 19.4 Å². The van der Waals surface area contributed by atoms with Gasteiger partial charge in [0.2, 0.25) is 0 Å². The van der Waals surface area contributed by atoms with E-state index >= 15 is 0 Å². The molecule has 0 saturated carbocycles.